The maximum Gasteiger partial charge on any atom is 0.238 e. The van der Waals surface area contributed by atoms with Crippen molar-refractivity contribution >= 4 is 15.7 Å². The lowest BCUT2D eigenvalue weighted by Gasteiger charge is -2.18. The van der Waals surface area contributed by atoms with E-state index >= 15 is 0 Å². The van der Waals surface area contributed by atoms with Crippen molar-refractivity contribution in [2.24, 2.45) is 11.1 Å². The number of hydrogen-bond donors (Lipinski definition) is 2. The first kappa shape index (κ1) is 13.4. The van der Waals surface area contributed by atoms with Crippen molar-refractivity contribution in [1.29, 1.82) is 0 Å². The van der Waals surface area contributed by atoms with Crippen molar-refractivity contribution < 1.29 is 8.42 Å². The topological polar surface area (TPSA) is 72.2 Å². The SMILES string of the molecule is CCC(Nc1ccc(C)c(S(N)(=O)=O)c1)C1CC1. The van der Waals surface area contributed by atoms with Gasteiger partial charge in [-0.05, 0) is 49.8 Å². The lowest BCUT2D eigenvalue weighted by Crippen LogP contribution is -2.21. The minimum Gasteiger partial charge on any atom is -0.382 e. The first-order valence-corrected chi connectivity index (χ1v) is 7.86. The molecule has 18 heavy (non-hydrogen) atoms. The van der Waals surface area contributed by atoms with Gasteiger partial charge in [0, 0.05) is 11.7 Å². The molecule has 0 radical (unpaired) electrons. The normalized spacial score (nSPS) is 17.5. The molecule has 0 saturated heterocycles. The smallest absolute Gasteiger partial charge is 0.238 e. The van der Waals surface area contributed by atoms with Crippen molar-refractivity contribution in [3.8, 4) is 0 Å². The maximum atomic E-state index is 11.5. The number of sulfonamides is 1. The van der Waals surface area contributed by atoms with E-state index in [-0.39, 0.29) is 4.90 Å². The molecule has 1 aliphatic rings. The van der Waals surface area contributed by atoms with Crippen LogP contribution < -0.4 is 10.5 Å². The Morgan fingerprint density at radius 1 is 1.44 bits per heavy atom. The molecule has 4 nitrogen and oxygen atoms in total. The highest BCUT2D eigenvalue weighted by Crippen LogP contribution is 2.35. The monoisotopic (exact) mass is 268 g/mol. The molecule has 1 unspecified atom stereocenters. The second kappa shape index (κ2) is 4.90. The number of nitrogens with two attached hydrogens (primary N) is 1. The molecule has 1 aliphatic carbocycles. The number of rotatable bonds is 5. The summed E-state index contributed by atoms with van der Waals surface area (Å²) in [4.78, 5) is 0.207. The summed E-state index contributed by atoms with van der Waals surface area (Å²) < 4.78 is 22.9. The summed E-state index contributed by atoms with van der Waals surface area (Å²) in [5, 5.41) is 8.62. The number of nitrogens with one attached hydrogen (secondary N) is 1. The highest BCUT2D eigenvalue weighted by Gasteiger charge is 2.29. The Labute approximate surface area is 109 Å². The van der Waals surface area contributed by atoms with Crippen molar-refractivity contribution in [1.82, 2.24) is 0 Å². The highest BCUT2D eigenvalue weighted by molar-refractivity contribution is 7.89. The average molecular weight is 268 g/mol. The van der Waals surface area contributed by atoms with Crippen LogP contribution in [0.2, 0.25) is 0 Å². The summed E-state index contributed by atoms with van der Waals surface area (Å²) in [6.45, 7) is 3.90. The van der Waals surface area contributed by atoms with Crippen molar-refractivity contribution in [3.63, 3.8) is 0 Å². The number of primary sulfonamides is 1. The van der Waals surface area contributed by atoms with Gasteiger partial charge in [0.2, 0.25) is 10.0 Å². The average Bonchev–Trinajstić information content (AvgIpc) is 3.10. The predicted octanol–water partition coefficient (Wildman–Crippen LogP) is 2.24. The molecule has 3 N–H and O–H groups in total. The first-order valence-electron chi connectivity index (χ1n) is 6.32. The zero-order valence-corrected chi connectivity index (χ0v) is 11.6. The van der Waals surface area contributed by atoms with Gasteiger partial charge >= 0.3 is 0 Å². The molecule has 1 atom stereocenters. The van der Waals surface area contributed by atoms with E-state index in [0.29, 0.717) is 11.6 Å². The Kier molecular flexibility index (Phi) is 3.64. The van der Waals surface area contributed by atoms with E-state index in [1.165, 1.54) is 12.8 Å². The molecule has 5 heteroatoms. The number of benzene rings is 1. The van der Waals surface area contributed by atoms with Crippen molar-refractivity contribution in [3.05, 3.63) is 23.8 Å². The van der Waals surface area contributed by atoms with Gasteiger partial charge in [-0.25, -0.2) is 13.6 Å². The van der Waals surface area contributed by atoms with Crippen LogP contribution in [0.5, 0.6) is 0 Å². The van der Waals surface area contributed by atoms with Gasteiger partial charge in [0.05, 0.1) is 4.90 Å². The van der Waals surface area contributed by atoms with Crippen LogP contribution >= 0.6 is 0 Å². The second-order valence-corrected chi connectivity index (χ2v) is 6.55. The number of anilines is 1. The minimum atomic E-state index is -3.64. The summed E-state index contributed by atoms with van der Waals surface area (Å²) in [6, 6.07) is 5.77. The molecule has 1 aromatic rings. The van der Waals surface area contributed by atoms with Gasteiger partial charge in [0.25, 0.3) is 0 Å². The Bertz CT molecular complexity index is 536. The fourth-order valence-electron chi connectivity index (χ4n) is 2.26. The van der Waals surface area contributed by atoms with E-state index in [4.69, 9.17) is 5.14 Å². The molecule has 1 aromatic carbocycles. The summed E-state index contributed by atoms with van der Waals surface area (Å²) in [6.07, 6.45) is 3.57. The van der Waals surface area contributed by atoms with Crippen LogP contribution in [0.15, 0.2) is 23.1 Å². The Hall–Kier alpha value is -1.07. The lowest BCUT2D eigenvalue weighted by molar-refractivity contribution is 0.597. The summed E-state index contributed by atoms with van der Waals surface area (Å²) in [7, 11) is -3.64. The minimum absolute atomic E-state index is 0.207. The van der Waals surface area contributed by atoms with Gasteiger partial charge in [-0.1, -0.05) is 13.0 Å². The summed E-state index contributed by atoms with van der Waals surface area (Å²) in [5.41, 5.74) is 1.52. The van der Waals surface area contributed by atoms with Crippen LogP contribution in [0.1, 0.15) is 31.7 Å². The van der Waals surface area contributed by atoms with Gasteiger partial charge in [-0.15, -0.1) is 0 Å². The zero-order chi connectivity index (χ0) is 13.3. The summed E-state index contributed by atoms with van der Waals surface area (Å²) in [5.74, 6) is 0.731. The van der Waals surface area contributed by atoms with E-state index < -0.39 is 10.0 Å². The van der Waals surface area contributed by atoms with Gasteiger partial charge in [-0.2, -0.15) is 0 Å². The maximum absolute atomic E-state index is 11.5. The number of hydrogen-bond acceptors (Lipinski definition) is 3. The van der Waals surface area contributed by atoms with E-state index in [1.54, 1.807) is 19.1 Å². The molecule has 1 saturated carbocycles. The predicted molar refractivity (Wildman–Crippen MR) is 73.0 cm³/mol. The van der Waals surface area contributed by atoms with Crippen LogP contribution in [-0.4, -0.2) is 14.5 Å². The fraction of sp³-hybridized carbons (Fsp3) is 0.538. The molecule has 0 bridgehead atoms. The molecule has 100 valence electrons. The van der Waals surface area contributed by atoms with Gasteiger partial charge in [0.15, 0.2) is 0 Å². The van der Waals surface area contributed by atoms with Crippen LogP contribution in [0.25, 0.3) is 0 Å². The Morgan fingerprint density at radius 3 is 2.61 bits per heavy atom. The molecule has 0 aliphatic heterocycles. The van der Waals surface area contributed by atoms with Gasteiger partial charge in [-0.3, -0.25) is 0 Å². The third-order valence-corrected chi connectivity index (χ3v) is 4.53. The highest BCUT2D eigenvalue weighted by atomic mass is 32.2. The van der Waals surface area contributed by atoms with E-state index in [1.807, 2.05) is 6.07 Å². The fourth-order valence-corrected chi connectivity index (χ4v) is 3.07. The van der Waals surface area contributed by atoms with Gasteiger partial charge in [0.1, 0.15) is 0 Å². The Balaban J connectivity index is 2.24. The molecule has 0 heterocycles. The third kappa shape index (κ3) is 3.03. The molecule has 0 spiro atoms. The molecule has 0 amide bonds. The van der Waals surface area contributed by atoms with Crippen LogP contribution in [0, 0.1) is 12.8 Å². The Morgan fingerprint density at radius 2 is 2.11 bits per heavy atom. The van der Waals surface area contributed by atoms with Crippen molar-refractivity contribution in [2.75, 3.05) is 5.32 Å². The van der Waals surface area contributed by atoms with Crippen LogP contribution in [-0.2, 0) is 10.0 Å². The second-order valence-electron chi connectivity index (χ2n) is 5.02. The lowest BCUT2D eigenvalue weighted by atomic mass is 10.1. The quantitative estimate of drug-likeness (QED) is 0.860. The molecular weight excluding hydrogens is 248 g/mol. The van der Waals surface area contributed by atoms with Crippen LogP contribution in [0.4, 0.5) is 5.69 Å². The standard InChI is InChI=1S/C13H20N2O2S/c1-3-12(10-5-6-10)15-11-7-4-9(2)13(8-11)18(14,16)17/h4,7-8,10,12,15H,3,5-6H2,1-2H3,(H2,14,16,17). The van der Waals surface area contributed by atoms with Crippen molar-refractivity contribution in [2.45, 2.75) is 44.0 Å². The zero-order valence-electron chi connectivity index (χ0n) is 10.8. The molecule has 1 fully saturated rings. The third-order valence-electron chi connectivity index (χ3n) is 3.48. The number of aryl methyl sites for hydroxylation is 1. The molecule has 0 aromatic heterocycles. The van der Waals surface area contributed by atoms with Crippen LogP contribution in [0.3, 0.4) is 0 Å². The largest absolute Gasteiger partial charge is 0.382 e. The van der Waals surface area contributed by atoms with E-state index in [2.05, 4.69) is 12.2 Å². The van der Waals surface area contributed by atoms with Gasteiger partial charge < -0.3 is 5.32 Å². The molecule has 2 rings (SSSR count). The summed E-state index contributed by atoms with van der Waals surface area (Å²) >= 11 is 0. The van der Waals surface area contributed by atoms with E-state index in [0.717, 1.165) is 18.0 Å². The molecular formula is C13H20N2O2S. The van der Waals surface area contributed by atoms with E-state index in [9.17, 15) is 8.42 Å². The first-order chi connectivity index (χ1) is 8.41.